The fourth-order valence-electron chi connectivity index (χ4n) is 4.49. The number of hydrogen-bond acceptors (Lipinski definition) is 6. The zero-order valence-corrected chi connectivity index (χ0v) is 19.2. The lowest BCUT2D eigenvalue weighted by Gasteiger charge is -2.26. The molecular formula is C24H26N4O4S. The third-order valence-electron chi connectivity index (χ3n) is 6.16. The van der Waals surface area contributed by atoms with E-state index >= 15 is 0 Å². The molecule has 5 rings (SSSR count). The van der Waals surface area contributed by atoms with E-state index in [1.165, 1.54) is 15.5 Å². The van der Waals surface area contributed by atoms with Crippen molar-refractivity contribution < 1.29 is 14.6 Å². The molecule has 0 radical (unpaired) electrons. The highest BCUT2D eigenvalue weighted by molar-refractivity contribution is 7.07. The number of morpholine rings is 1. The number of aromatic nitrogens is 2. The highest BCUT2D eigenvalue weighted by Gasteiger charge is 2.28. The first-order valence-electron chi connectivity index (χ1n) is 11.1. The van der Waals surface area contributed by atoms with Gasteiger partial charge in [0, 0.05) is 42.8 Å². The van der Waals surface area contributed by atoms with Crippen molar-refractivity contribution in [3.05, 3.63) is 67.9 Å². The zero-order valence-electron chi connectivity index (χ0n) is 18.4. The second-order valence-electron chi connectivity index (χ2n) is 8.30. The summed E-state index contributed by atoms with van der Waals surface area (Å²) in [5.41, 5.74) is 6.14. The molecule has 3 N–H and O–H groups in total. The average molecular weight is 467 g/mol. The second-order valence-corrected chi connectivity index (χ2v) is 9.12. The van der Waals surface area contributed by atoms with E-state index in [0.29, 0.717) is 12.0 Å². The summed E-state index contributed by atoms with van der Waals surface area (Å²) in [6.45, 7) is 6.50. The van der Waals surface area contributed by atoms with Crippen LogP contribution in [0.25, 0.3) is 11.1 Å². The fourth-order valence-corrected chi connectivity index (χ4v) is 5.11. The number of fused-ring (bicyclic) bond motifs is 1. The van der Waals surface area contributed by atoms with Crippen molar-refractivity contribution in [2.24, 2.45) is 0 Å². The summed E-state index contributed by atoms with van der Waals surface area (Å²) < 4.78 is 6.76. The van der Waals surface area contributed by atoms with Crippen LogP contribution in [-0.4, -0.2) is 51.8 Å². The van der Waals surface area contributed by atoms with Crippen molar-refractivity contribution in [3.63, 3.8) is 0 Å². The van der Waals surface area contributed by atoms with E-state index < -0.39 is 0 Å². The van der Waals surface area contributed by atoms with Gasteiger partial charge in [0.25, 0.3) is 5.91 Å². The van der Waals surface area contributed by atoms with Gasteiger partial charge in [0.1, 0.15) is 0 Å². The van der Waals surface area contributed by atoms with Crippen LogP contribution in [-0.2, 0) is 22.6 Å². The lowest BCUT2D eigenvalue weighted by molar-refractivity contribution is -0.110. The number of carbonyl (C=O) groups excluding carboxylic acids is 1. The highest BCUT2D eigenvalue weighted by Crippen LogP contribution is 2.39. The van der Waals surface area contributed by atoms with Crippen molar-refractivity contribution in [1.29, 1.82) is 0 Å². The van der Waals surface area contributed by atoms with E-state index in [0.717, 1.165) is 72.3 Å². The summed E-state index contributed by atoms with van der Waals surface area (Å²) in [7, 11) is 0. The van der Waals surface area contributed by atoms with Gasteiger partial charge in [-0.15, -0.1) is 0 Å². The van der Waals surface area contributed by atoms with Crippen LogP contribution in [0.15, 0.2) is 40.6 Å². The second kappa shape index (κ2) is 9.01. The Labute approximate surface area is 195 Å². The van der Waals surface area contributed by atoms with Gasteiger partial charge in [-0.2, -0.15) is 0 Å². The standard InChI is InChI=1S/C24H26N4O4S/c1-2-17(20-10-16(11-25-20)12-27-5-7-32-8-6-27)22-18-9-15(3-4-19(18)26-23(22)30)13-28-21(29)14-33-24(28)31/h3-4,9-11,14,25,29H,2,5-8,12-13H2,1H3,(H,26,30). The first-order chi connectivity index (χ1) is 16.0. The smallest absolute Gasteiger partial charge is 0.310 e. The Morgan fingerprint density at radius 3 is 2.70 bits per heavy atom. The van der Waals surface area contributed by atoms with E-state index in [2.05, 4.69) is 21.3 Å². The van der Waals surface area contributed by atoms with Gasteiger partial charge in [0.15, 0.2) is 0 Å². The maximum absolute atomic E-state index is 13.0. The van der Waals surface area contributed by atoms with Crippen LogP contribution in [0.1, 0.15) is 35.7 Å². The largest absolute Gasteiger partial charge is 0.494 e. The van der Waals surface area contributed by atoms with Gasteiger partial charge in [0.2, 0.25) is 5.88 Å². The molecule has 0 unspecified atom stereocenters. The van der Waals surface area contributed by atoms with Crippen LogP contribution in [0.4, 0.5) is 5.69 Å². The summed E-state index contributed by atoms with van der Waals surface area (Å²) >= 11 is 0.964. The average Bonchev–Trinajstić information content (AvgIpc) is 3.49. The van der Waals surface area contributed by atoms with E-state index in [1.807, 2.05) is 31.3 Å². The molecule has 0 saturated carbocycles. The Hall–Kier alpha value is -3.14. The Kier molecular flexibility index (Phi) is 5.92. The Morgan fingerprint density at radius 2 is 1.97 bits per heavy atom. The third-order valence-corrected chi connectivity index (χ3v) is 6.92. The molecule has 2 aliphatic heterocycles. The van der Waals surface area contributed by atoms with E-state index in [4.69, 9.17) is 4.74 Å². The van der Waals surface area contributed by atoms with Gasteiger partial charge in [-0.1, -0.05) is 24.3 Å². The maximum Gasteiger partial charge on any atom is 0.310 e. The van der Waals surface area contributed by atoms with Crippen LogP contribution in [0, 0.1) is 0 Å². The summed E-state index contributed by atoms with van der Waals surface area (Å²) in [5.74, 6) is -0.178. The van der Waals surface area contributed by atoms with E-state index in [9.17, 15) is 14.7 Å². The Balaban J connectivity index is 1.47. The van der Waals surface area contributed by atoms with E-state index in [-0.39, 0.29) is 23.2 Å². The molecule has 172 valence electrons. The molecule has 1 amide bonds. The van der Waals surface area contributed by atoms with Gasteiger partial charge in [-0.3, -0.25) is 19.1 Å². The number of thiazole rings is 1. The Bertz CT molecular complexity index is 1280. The lowest BCUT2D eigenvalue weighted by atomic mass is 9.95. The Morgan fingerprint density at radius 1 is 1.15 bits per heavy atom. The number of allylic oxidation sites excluding steroid dienone is 1. The van der Waals surface area contributed by atoms with Gasteiger partial charge < -0.3 is 20.1 Å². The predicted octanol–water partition coefficient (Wildman–Crippen LogP) is 3.10. The van der Waals surface area contributed by atoms with Crippen molar-refractivity contribution in [2.75, 3.05) is 31.6 Å². The molecule has 4 heterocycles. The maximum atomic E-state index is 13.0. The number of carbonyl (C=O) groups is 1. The highest BCUT2D eigenvalue weighted by atomic mass is 32.1. The molecule has 8 nitrogen and oxygen atoms in total. The zero-order chi connectivity index (χ0) is 22.9. The molecule has 2 aliphatic rings. The van der Waals surface area contributed by atoms with Crippen molar-refractivity contribution in [3.8, 4) is 5.88 Å². The summed E-state index contributed by atoms with van der Waals surface area (Å²) in [4.78, 5) is 30.5. The number of H-pyrrole nitrogens is 1. The van der Waals surface area contributed by atoms with Gasteiger partial charge in [-0.05, 0) is 41.3 Å². The number of nitrogens with one attached hydrogen (secondary N) is 2. The third kappa shape index (κ3) is 4.27. The monoisotopic (exact) mass is 466 g/mol. The number of rotatable bonds is 6. The normalized spacial score (nSPS) is 17.8. The van der Waals surface area contributed by atoms with Crippen LogP contribution in [0.2, 0.25) is 0 Å². The molecule has 33 heavy (non-hydrogen) atoms. The first kappa shape index (κ1) is 21.7. The summed E-state index contributed by atoms with van der Waals surface area (Å²) in [5, 5.41) is 14.4. The molecule has 2 aromatic heterocycles. The van der Waals surface area contributed by atoms with Crippen molar-refractivity contribution in [2.45, 2.75) is 26.4 Å². The van der Waals surface area contributed by atoms with Gasteiger partial charge in [-0.25, -0.2) is 0 Å². The number of benzene rings is 1. The molecule has 0 atom stereocenters. The molecule has 1 aromatic carbocycles. The number of amides is 1. The fraction of sp³-hybridized carbons (Fsp3) is 0.333. The quantitative estimate of drug-likeness (QED) is 0.485. The van der Waals surface area contributed by atoms with Crippen LogP contribution < -0.4 is 10.2 Å². The molecular weight excluding hydrogens is 440 g/mol. The molecule has 0 bridgehead atoms. The molecule has 1 saturated heterocycles. The number of hydrogen-bond donors (Lipinski definition) is 3. The van der Waals surface area contributed by atoms with Crippen molar-refractivity contribution >= 4 is 34.1 Å². The van der Waals surface area contributed by atoms with Gasteiger partial charge in [0.05, 0.1) is 30.7 Å². The summed E-state index contributed by atoms with van der Waals surface area (Å²) in [6.07, 6.45) is 2.70. The number of anilines is 1. The van der Waals surface area contributed by atoms with Crippen molar-refractivity contribution in [1.82, 2.24) is 14.5 Å². The summed E-state index contributed by atoms with van der Waals surface area (Å²) in [6, 6.07) is 7.78. The van der Waals surface area contributed by atoms with Crippen LogP contribution in [0.3, 0.4) is 0 Å². The minimum Gasteiger partial charge on any atom is -0.494 e. The number of aromatic hydroxyl groups is 1. The lowest BCUT2D eigenvalue weighted by Crippen LogP contribution is -2.35. The SMILES string of the molecule is CCC(=C1C(=O)Nc2ccc(Cn3c(O)csc3=O)cc21)c1cc(CN2CCOCC2)c[nH]1. The van der Waals surface area contributed by atoms with Crippen LogP contribution in [0.5, 0.6) is 5.88 Å². The number of ether oxygens (including phenoxy) is 1. The number of nitrogens with zero attached hydrogens (tertiary/aromatic N) is 2. The van der Waals surface area contributed by atoms with Gasteiger partial charge >= 0.3 is 4.87 Å². The molecule has 1 fully saturated rings. The topological polar surface area (TPSA) is 99.6 Å². The minimum absolute atomic E-state index is 0.0519. The molecule has 0 aliphatic carbocycles. The molecule has 9 heteroatoms. The van der Waals surface area contributed by atoms with E-state index in [1.54, 1.807) is 0 Å². The predicted molar refractivity (Wildman–Crippen MR) is 128 cm³/mol. The van der Waals surface area contributed by atoms with Crippen LogP contribution >= 0.6 is 11.3 Å². The number of aromatic amines is 1. The molecule has 0 spiro atoms. The minimum atomic E-state index is -0.216. The molecule has 3 aromatic rings. The first-order valence-corrected chi connectivity index (χ1v) is 11.9.